The first kappa shape index (κ1) is 14.8. The number of hydrogen-bond donors (Lipinski definition) is 0. The van der Waals surface area contributed by atoms with Crippen LogP contribution in [0.5, 0.6) is 0 Å². The maximum Gasteiger partial charge on any atom is 0.306 e. The first-order valence-corrected chi connectivity index (χ1v) is 5.98. The van der Waals surface area contributed by atoms with Crippen LogP contribution >= 0.6 is 0 Å². The van der Waals surface area contributed by atoms with Crippen molar-refractivity contribution >= 4 is 17.4 Å². The number of Topliss-reactive ketones (excluding diaryl/α,β-unsaturated/α-hetero) is 1. The first-order valence-electron chi connectivity index (χ1n) is 5.98. The van der Waals surface area contributed by atoms with Gasteiger partial charge in [0.1, 0.15) is 0 Å². The number of rotatable bonds is 7. The Balaban J connectivity index is 2.64. The van der Waals surface area contributed by atoms with Crippen LogP contribution < -0.4 is 0 Å². The molecular formula is C13H15NO5. The van der Waals surface area contributed by atoms with E-state index in [1.54, 1.807) is 6.07 Å². The lowest BCUT2D eigenvalue weighted by Crippen LogP contribution is -2.10. The maximum absolute atomic E-state index is 11.8. The Bertz CT molecular complexity index is 484. The van der Waals surface area contributed by atoms with Crippen molar-refractivity contribution in [3.63, 3.8) is 0 Å². The molecule has 1 aromatic carbocycles. The van der Waals surface area contributed by atoms with Gasteiger partial charge in [-0.3, -0.25) is 19.7 Å². The van der Waals surface area contributed by atoms with Crippen LogP contribution in [0.3, 0.4) is 0 Å². The number of hydrogen-bond acceptors (Lipinski definition) is 5. The van der Waals surface area contributed by atoms with Gasteiger partial charge in [-0.25, -0.2) is 0 Å². The number of carbonyl (C=O) groups is 2. The maximum atomic E-state index is 11.8. The molecule has 0 saturated heterocycles. The first-order chi connectivity index (χ1) is 9.06. The summed E-state index contributed by atoms with van der Waals surface area (Å²) in [6, 6.07) is 5.69. The van der Waals surface area contributed by atoms with Gasteiger partial charge in [-0.1, -0.05) is 19.1 Å². The molecule has 0 aliphatic carbocycles. The number of esters is 1. The monoisotopic (exact) mass is 265 g/mol. The number of carbonyl (C=O) groups excluding carboxylic acids is 2. The average Bonchev–Trinajstić information content (AvgIpc) is 2.42. The molecular weight excluding hydrogens is 250 g/mol. The molecule has 0 atom stereocenters. The van der Waals surface area contributed by atoms with Gasteiger partial charge < -0.3 is 4.74 Å². The van der Waals surface area contributed by atoms with Gasteiger partial charge in [0.25, 0.3) is 5.69 Å². The highest BCUT2D eigenvalue weighted by Crippen LogP contribution is 2.19. The number of ether oxygens (including phenoxy) is 1. The van der Waals surface area contributed by atoms with Crippen molar-refractivity contribution in [3.05, 3.63) is 39.9 Å². The molecule has 0 aliphatic heterocycles. The topological polar surface area (TPSA) is 86.5 Å². The molecule has 0 bridgehead atoms. The van der Waals surface area contributed by atoms with Crippen molar-refractivity contribution in [2.45, 2.75) is 26.2 Å². The SMILES string of the molecule is CCCOC(=O)CCC(=O)c1ccccc1[N+](=O)[O-]. The van der Waals surface area contributed by atoms with Crippen LogP contribution in [0.4, 0.5) is 5.69 Å². The van der Waals surface area contributed by atoms with E-state index in [4.69, 9.17) is 4.74 Å². The van der Waals surface area contributed by atoms with E-state index in [-0.39, 0.29) is 24.1 Å². The fourth-order valence-electron chi connectivity index (χ4n) is 1.51. The van der Waals surface area contributed by atoms with Crippen LogP contribution in [0, 0.1) is 10.1 Å². The second-order valence-electron chi connectivity index (χ2n) is 3.92. The van der Waals surface area contributed by atoms with Crippen LogP contribution in [-0.2, 0) is 9.53 Å². The Morgan fingerprint density at radius 3 is 2.58 bits per heavy atom. The van der Waals surface area contributed by atoms with E-state index in [9.17, 15) is 19.7 Å². The molecule has 1 rings (SSSR count). The van der Waals surface area contributed by atoms with Gasteiger partial charge >= 0.3 is 5.97 Å². The van der Waals surface area contributed by atoms with Crippen molar-refractivity contribution in [1.82, 2.24) is 0 Å². The predicted octanol–water partition coefficient (Wildman–Crippen LogP) is 2.51. The third kappa shape index (κ3) is 4.50. The van der Waals surface area contributed by atoms with Crippen molar-refractivity contribution < 1.29 is 19.2 Å². The molecule has 0 amide bonds. The summed E-state index contributed by atoms with van der Waals surface area (Å²) in [5.41, 5.74) is -0.217. The highest BCUT2D eigenvalue weighted by molar-refractivity contribution is 6.00. The Hall–Kier alpha value is -2.24. The lowest BCUT2D eigenvalue weighted by molar-refractivity contribution is -0.385. The lowest BCUT2D eigenvalue weighted by atomic mass is 10.0. The molecule has 0 saturated carbocycles. The molecule has 19 heavy (non-hydrogen) atoms. The summed E-state index contributed by atoms with van der Waals surface area (Å²) in [6.07, 6.45) is 0.558. The molecule has 1 aromatic rings. The van der Waals surface area contributed by atoms with Crippen LogP contribution in [0.25, 0.3) is 0 Å². The van der Waals surface area contributed by atoms with Gasteiger partial charge in [0.2, 0.25) is 0 Å². The summed E-state index contributed by atoms with van der Waals surface area (Å²) in [7, 11) is 0. The molecule has 0 radical (unpaired) electrons. The third-order valence-corrected chi connectivity index (χ3v) is 2.42. The highest BCUT2D eigenvalue weighted by Gasteiger charge is 2.19. The Kier molecular flexibility index (Phi) is 5.66. The van der Waals surface area contributed by atoms with Crippen molar-refractivity contribution in [1.29, 1.82) is 0 Å². The fraction of sp³-hybridized carbons (Fsp3) is 0.385. The number of ketones is 1. The quantitative estimate of drug-likeness (QED) is 0.327. The molecule has 0 aromatic heterocycles. The zero-order chi connectivity index (χ0) is 14.3. The van der Waals surface area contributed by atoms with E-state index < -0.39 is 16.7 Å². The zero-order valence-electron chi connectivity index (χ0n) is 10.6. The van der Waals surface area contributed by atoms with E-state index in [0.29, 0.717) is 13.0 Å². The van der Waals surface area contributed by atoms with E-state index in [1.165, 1.54) is 18.2 Å². The number of nitrogens with zero attached hydrogens (tertiary/aromatic N) is 1. The van der Waals surface area contributed by atoms with Crippen LogP contribution in [0.15, 0.2) is 24.3 Å². The van der Waals surface area contributed by atoms with Gasteiger partial charge in [-0.15, -0.1) is 0 Å². The van der Waals surface area contributed by atoms with Gasteiger partial charge in [-0.2, -0.15) is 0 Å². The summed E-state index contributed by atoms with van der Waals surface area (Å²) in [5.74, 6) is -0.894. The smallest absolute Gasteiger partial charge is 0.306 e. The van der Waals surface area contributed by atoms with Crippen molar-refractivity contribution in [2.75, 3.05) is 6.61 Å². The van der Waals surface area contributed by atoms with Gasteiger partial charge in [0.05, 0.1) is 23.5 Å². The van der Waals surface area contributed by atoms with Gasteiger partial charge in [0.15, 0.2) is 5.78 Å². The lowest BCUT2D eigenvalue weighted by Gasteiger charge is -2.03. The predicted molar refractivity (Wildman–Crippen MR) is 67.9 cm³/mol. The molecule has 0 heterocycles. The molecule has 0 spiro atoms. The number of benzene rings is 1. The summed E-state index contributed by atoms with van der Waals surface area (Å²) in [5, 5.41) is 10.8. The summed E-state index contributed by atoms with van der Waals surface area (Å²) in [6.45, 7) is 2.18. The zero-order valence-corrected chi connectivity index (χ0v) is 10.6. The van der Waals surface area contributed by atoms with E-state index >= 15 is 0 Å². The van der Waals surface area contributed by atoms with Gasteiger partial charge in [0, 0.05) is 12.5 Å². The van der Waals surface area contributed by atoms with Crippen LogP contribution in [0.1, 0.15) is 36.5 Å². The fourth-order valence-corrected chi connectivity index (χ4v) is 1.51. The van der Waals surface area contributed by atoms with Gasteiger partial charge in [-0.05, 0) is 12.5 Å². The van der Waals surface area contributed by atoms with Crippen molar-refractivity contribution in [3.8, 4) is 0 Å². The Labute approximate surface area is 110 Å². The minimum atomic E-state index is -0.608. The number of para-hydroxylation sites is 1. The molecule has 0 fully saturated rings. The van der Waals surface area contributed by atoms with E-state index in [2.05, 4.69) is 0 Å². The molecule has 102 valence electrons. The average molecular weight is 265 g/mol. The summed E-state index contributed by atoms with van der Waals surface area (Å²) >= 11 is 0. The van der Waals surface area contributed by atoms with Crippen LogP contribution in [-0.4, -0.2) is 23.3 Å². The van der Waals surface area contributed by atoms with E-state index in [0.717, 1.165) is 0 Å². The van der Waals surface area contributed by atoms with Crippen molar-refractivity contribution in [2.24, 2.45) is 0 Å². The molecule has 6 heteroatoms. The standard InChI is InChI=1S/C13H15NO5/c1-2-9-19-13(16)8-7-12(15)10-5-3-4-6-11(10)14(17)18/h3-6H,2,7-9H2,1H3. The summed E-state index contributed by atoms with van der Waals surface area (Å²) in [4.78, 5) is 33.2. The normalized spacial score (nSPS) is 9.95. The van der Waals surface area contributed by atoms with E-state index in [1.807, 2.05) is 6.92 Å². The third-order valence-electron chi connectivity index (χ3n) is 2.42. The van der Waals surface area contributed by atoms with Crippen LogP contribution in [0.2, 0.25) is 0 Å². The second-order valence-corrected chi connectivity index (χ2v) is 3.92. The molecule has 0 N–H and O–H groups in total. The Morgan fingerprint density at radius 1 is 1.26 bits per heavy atom. The molecule has 0 aliphatic rings. The summed E-state index contributed by atoms with van der Waals surface area (Å²) < 4.78 is 4.83. The minimum Gasteiger partial charge on any atom is -0.466 e. The molecule has 0 unspecified atom stereocenters. The molecule has 6 nitrogen and oxygen atoms in total. The number of nitro groups is 1. The largest absolute Gasteiger partial charge is 0.466 e. The second kappa shape index (κ2) is 7.25. The number of nitro benzene ring substituents is 1. The Morgan fingerprint density at radius 2 is 1.95 bits per heavy atom. The highest BCUT2D eigenvalue weighted by atomic mass is 16.6. The minimum absolute atomic E-state index is 0.0239.